The number of aliphatic hydroxyl groups is 1. The molecule has 0 bridgehead atoms. The number of hydrogen-bond donors (Lipinski definition) is 2. The van der Waals surface area contributed by atoms with E-state index < -0.39 is 5.91 Å². The molecule has 5 heteroatoms. The maximum atomic E-state index is 11.5. The van der Waals surface area contributed by atoms with E-state index in [0.717, 1.165) is 0 Å². The predicted octanol–water partition coefficient (Wildman–Crippen LogP) is 1.52. The van der Waals surface area contributed by atoms with Gasteiger partial charge in [-0.15, -0.1) is 0 Å². The monoisotopic (exact) mass is 250 g/mol. The molecule has 1 aromatic heterocycles. The number of aliphatic hydroxyl groups excluding tert-OH is 1. The second-order valence-corrected chi connectivity index (χ2v) is 3.97. The number of aromatic nitrogens is 1. The van der Waals surface area contributed by atoms with Crippen LogP contribution in [0.15, 0.2) is 24.3 Å². The smallest absolute Gasteiger partial charge is 0.249 e. The zero-order valence-corrected chi connectivity index (χ0v) is 9.74. The van der Waals surface area contributed by atoms with E-state index in [1.807, 2.05) is 6.07 Å². The molecule has 0 spiro atoms. The van der Waals surface area contributed by atoms with Crippen LogP contribution in [0.2, 0.25) is 5.15 Å². The van der Waals surface area contributed by atoms with Crippen molar-refractivity contribution in [2.24, 2.45) is 5.73 Å². The highest BCUT2D eigenvalue weighted by Gasteiger charge is 2.17. The number of benzene rings is 1. The van der Waals surface area contributed by atoms with Crippen molar-refractivity contribution in [1.82, 2.24) is 4.98 Å². The van der Waals surface area contributed by atoms with Crippen molar-refractivity contribution in [3.8, 4) is 0 Å². The van der Waals surface area contributed by atoms with Crippen molar-refractivity contribution in [3.05, 3.63) is 40.5 Å². The summed E-state index contributed by atoms with van der Waals surface area (Å²) in [5.41, 5.74) is 6.83. The fraction of sp³-hybridized carbons (Fsp3) is 0.167. The summed E-state index contributed by atoms with van der Waals surface area (Å²) in [6.07, 6.45) is 0.259. The van der Waals surface area contributed by atoms with Gasteiger partial charge in [0, 0.05) is 17.6 Å². The van der Waals surface area contributed by atoms with Gasteiger partial charge in [-0.1, -0.05) is 29.8 Å². The molecule has 88 valence electrons. The van der Waals surface area contributed by atoms with Crippen molar-refractivity contribution in [3.63, 3.8) is 0 Å². The van der Waals surface area contributed by atoms with Crippen molar-refractivity contribution < 1.29 is 9.90 Å². The van der Waals surface area contributed by atoms with Gasteiger partial charge in [-0.05, 0) is 12.5 Å². The molecule has 3 N–H and O–H groups in total. The quantitative estimate of drug-likeness (QED) is 0.811. The summed E-state index contributed by atoms with van der Waals surface area (Å²) in [4.78, 5) is 15.7. The third-order valence-electron chi connectivity index (χ3n) is 2.55. The molecule has 17 heavy (non-hydrogen) atoms. The van der Waals surface area contributed by atoms with E-state index >= 15 is 0 Å². The van der Waals surface area contributed by atoms with Crippen LogP contribution in [0.3, 0.4) is 0 Å². The lowest BCUT2D eigenvalue weighted by Crippen LogP contribution is -2.16. The fourth-order valence-corrected chi connectivity index (χ4v) is 2.12. The SMILES string of the molecule is NC(=O)c1c(CCO)c(Cl)nc2ccccc12. The molecule has 0 aliphatic rings. The lowest BCUT2D eigenvalue weighted by molar-refractivity contribution is 0.100. The largest absolute Gasteiger partial charge is 0.396 e. The number of carbonyl (C=O) groups excluding carboxylic acids is 1. The van der Waals surface area contributed by atoms with Crippen molar-refractivity contribution in [2.75, 3.05) is 6.61 Å². The third-order valence-corrected chi connectivity index (χ3v) is 2.86. The van der Waals surface area contributed by atoms with Gasteiger partial charge in [0.25, 0.3) is 0 Å². The molecule has 1 aromatic carbocycles. The number of nitrogens with zero attached hydrogens (tertiary/aromatic N) is 1. The van der Waals surface area contributed by atoms with E-state index in [1.165, 1.54) is 0 Å². The van der Waals surface area contributed by atoms with E-state index in [4.69, 9.17) is 22.4 Å². The Hall–Kier alpha value is -1.65. The van der Waals surface area contributed by atoms with Crippen LogP contribution in [-0.2, 0) is 6.42 Å². The molecule has 0 aliphatic carbocycles. The first-order valence-corrected chi connectivity index (χ1v) is 5.50. The maximum absolute atomic E-state index is 11.5. The number of rotatable bonds is 3. The van der Waals surface area contributed by atoms with Gasteiger partial charge in [0.1, 0.15) is 5.15 Å². The zero-order valence-electron chi connectivity index (χ0n) is 8.98. The standard InChI is InChI=1S/C12H11ClN2O2/c13-11-8(5-6-16)10(12(14)17)7-3-1-2-4-9(7)15-11/h1-4,16H,5-6H2,(H2,14,17). The van der Waals surface area contributed by atoms with E-state index in [2.05, 4.69) is 4.98 Å². The number of nitrogens with two attached hydrogens (primary N) is 1. The van der Waals surface area contributed by atoms with Crippen molar-refractivity contribution in [1.29, 1.82) is 0 Å². The first-order chi connectivity index (χ1) is 8.15. The summed E-state index contributed by atoms with van der Waals surface area (Å²) >= 11 is 6.00. The number of primary amides is 1. The van der Waals surface area contributed by atoms with Crippen LogP contribution in [-0.4, -0.2) is 22.6 Å². The molecule has 0 unspecified atom stereocenters. The van der Waals surface area contributed by atoms with Crippen LogP contribution in [0.4, 0.5) is 0 Å². The van der Waals surface area contributed by atoms with Crippen LogP contribution in [0.25, 0.3) is 10.9 Å². The Balaban J connectivity index is 2.83. The molecular weight excluding hydrogens is 240 g/mol. The van der Waals surface area contributed by atoms with Gasteiger partial charge in [-0.2, -0.15) is 0 Å². The lowest BCUT2D eigenvalue weighted by atomic mass is 10.0. The average Bonchev–Trinajstić information content (AvgIpc) is 2.29. The van der Waals surface area contributed by atoms with Gasteiger partial charge in [0.2, 0.25) is 5.91 Å². The van der Waals surface area contributed by atoms with E-state index in [-0.39, 0.29) is 18.2 Å². The third kappa shape index (κ3) is 2.09. The van der Waals surface area contributed by atoms with Crippen molar-refractivity contribution >= 4 is 28.4 Å². The minimum atomic E-state index is -0.561. The fourth-order valence-electron chi connectivity index (χ4n) is 1.84. The number of hydrogen-bond acceptors (Lipinski definition) is 3. The number of para-hydroxylation sites is 1. The van der Waals surface area contributed by atoms with Crippen LogP contribution >= 0.6 is 11.6 Å². The van der Waals surface area contributed by atoms with Gasteiger partial charge < -0.3 is 10.8 Å². The molecule has 2 aromatic rings. The number of carbonyl (C=O) groups is 1. The van der Waals surface area contributed by atoms with Gasteiger partial charge in [0.05, 0.1) is 11.1 Å². The van der Waals surface area contributed by atoms with E-state index in [9.17, 15) is 4.79 Å². The molecule has 0 fully saturated rings. The Kier molecular flexibility index (Phi) is 3.26. The van der Waals surface area contributed by atoms with Gasteiger partial charge in [-0.25, -0.2) is 4.98 Å². The normalized spacial score (nSPS) is 10.7. The summed E-state index contributed by atoms with van der Waals surface area (Å²) in [6, 6.07) is 7.13. The maximum Gasteiger partial charge on any atom is 0.249 e. The second-order valence-electron chi connectivity index (χ2n) is 3.61. The van der Waals surface area contributed by atoms with E-state index in [0.29, 0.717) is 22.0 Å². The molecule has 0 saturated carbocycles. The number of fused-ring (bicyclic) bond motifs is 1. The minimum absolute atomic E-state index is 0.111. The number of halogens is 1. The summed E-state index contributed by atoms with van der Waals surface area (Å²) in [6.45, 7) is -0.111. The lowest BCUT2D eigenvalue weighted by Gasteiger charge is -2.10. The molecule has 0 radical (unpaired) electrons. The Morgan fingerprint density at radius 3 is 2.76 bits per heavy atom. The molecule has 1 heterocycles. The second kappa shape index (κ2) is 4.69. The molecule has 0 saturated heterocycles. The average molecular weight is 251 g/mol. The van der Waals surface area contributed by atoms with Gasteiger partial charge >= 0.3 is 0 Å². The first kappa shape index (κ1) is 11.8. The highest BCUT2D eigenvalue weighted by atomic mass is 35.5. The summed E-state index contributed by atoms with van der Waals surface area (Å²) in [5, 5.41) is 9.86. The molecule has 1 amide bonds. The van der Waals surface area contributed by atoms with Gasteiger partial charge in [0.15, 0.2) is 0 Å². The summed E-state index contributed by atoms with van der Waals surface area (Å²) < 4.78 is 0. The Bertz CT molecular complexity index is 584. The molecule has 0 atom stereocenters. The van der Waals surface area contributed by atoms with Gasteiger partial charge in [-0.3, -0.25) is 4.79 Å². The van der Waals surface area contributed by atoms with Crippen LogP contribution < -0.4 is 5.73 Å². The summed E-state index contributed by atoms with van der Waals surface area (Å²) in [7, 11) is 0. The molecule has 0 aliphatic heterocycles. The number of pyridine rings is 1. The van der Waals surface area contributed by atoms with E-state index in [1.54, 1.807) is 18.2 Å². The Labute approximate surface area is 103 Å². The Morgan fingerprint density at radius 1 is 1.41 bits per heavy atom. The highest BCUT2D eigenvalue weighted by Crippen LogP contribution is 2.26. The topological polar surface area (TPSA) is 76.2 Å². The van der Waals surface area contributed by atoms with Crippen molar-refractivity contribution in [2.45, 2.75) is 6.42 Å². The predicted molar refractivity (Wildman–Crippen MR) is 66.1 cm³/mol. The molecule has 2 rings (SSSR count). The minimum Gasteiger partial charge on any atom is -0.396 e. The first-order valence-electron chi connectivity index (χ1n) is 5.13. The van der Waals surface area contributed by atoms with Crippen LogP contribution in [0.5, 0.6) is 0 Å². The van der Waals surface area contributed by atoms with Crippen LogP contribution in [0, 0.1) is 0 Å². The highest BCUT2D eigenvalue weighted by molar-refractivity contribution is 6.31. The molecular formula is C12H11ClN2O2. The summed E-state index contributed by atoms with van der Waals surface area (Å²) in [5.74, 6) is -0.561. The number of amides is 1. The zero-order chi connectivity index (χ0) is 12.4. The molecule has 4 nitrogen and oxygen atoms in total. The van der Waals surface area contributed by atoms with Crippen LogP contribution in [0.1, 0.15) is 15.9 Å². The Morgan fingerprint density at radius 2 is 2.12 bits per heavy atom.